The summed E-state index contributed by atoms with van der Waals surface area (Å²) in [5.74, 6) is -1.01. The molecule has 0 saturated heterocycles. The molecule has 0 unspecified atom stereocenters. The Balaban J connectivity index is 1.76. The molecular formula is C15H13F2N3O3S. The van der Waals surface area contributed by atoms with Crippen LogP contribution >= 0.6 is 0 Å². The Bertz CT molecular complexity index is 1040. The van der Waals surface area contributed by atoms with E-state index >= 15 is 0 Å². The van der Waals surface area contributed by atoms with Crippen LogP contribution in [0.3, 0.4) is 0 Å². The van der Waals surface area contributed by atoms with Gasteiger partial charge in [-0.3, -0.25) is 4.57 Å². The van der Waals surface area contributed by atoms with E-state index in [1.54, 1.807) is 0 Å². The Morgan fingerprint density at radius 1 is 1.04 bits per heavy atom. The van der Waals surface area contributed by atoms with Crippen molar-refractivity contribution >= 4 is 21.1 Å². The molecule has 3 aromatic rings. The van der Waals surface area contributed by atoms with E-state index in [1.165, 1.54) is 22.8 Å². The van der Waals surface area contributed by atoms with Crippen molar-refractivity contribution in [2.45, 2.75) is 11.4 Å². The Morgan fingerprint density at radius 3 is 2.42 bits per heavy atom. The van der Waals surface area contributed by atoms with E-state index in [4.69, 9.17) is 0 Å². The molecular weight excluding hydrogens is 340 g/mol. The number of aromatic nitrogens is 2. The normalized spacial score (nSPS) is 11.9. The van der Waals surface area contributed by atoms with Crippen molar-refractivity contribution in [2.24, 2.45) is 0 Å². The van der Waals surface area contributed by atoms with E-state index in [9.17, 15) is 22.0 Å². The van der Waals surface area contributed by atoms with Crippen molar-refractivity contribution in [2.75, 3.05) is 6.54 Å². The lowest BCUT2D eigenvalue weighted by Crippen LogP contribution is -2.30. The fourth-order valence-corrected chi connectivity index (χ4v) is 3.37. The highest BCUT2D eigenvalue weighted by Gasteiger charge is 2.14. The van der Waals surface area contributed by atoms with Gasteiger partial charge in [-0.15, -0.1) is 0 Å². The minimum Gasteiger partial charge on any atom is -0.305 e. The Kier molecular flexibility index (Phi) is 4.20. The number of imidazole rings is 1. The van der Waals surface area contributed by atoms with Gasteiger partial charge in [-0.25, -0.2) is 26.7 Å². The second kappa shape index (κ2) is 6.17. The number of H-pyrrole nitrogens is 1. The van der Waals surface area contributed by atoms with Crippen LogP contribution < -0.4 is 10.4 Å². The van der Waals surface area contributed by atoms with Gasteiger partial charge in [-0.1, -0.05) is 0 Å². The molecule has 0 saturated carbocycles. The maximum Gasteiger partial charge on any atom is 0.326 e. The summed E-state index contributed by atoms with van der Waals surface area (Å²) < 4.78 is 53.8. The van der Waals surface area contributed by atoms with Gasteiger partial charge in [0, 0.05) is 13.1 Å². The highest BCUT2D eigenvalue weighted by molar-refractivity contribution is 7.89. The molecule has 3 rings (SSSR count). The predicted octanol–water partition coefficient (Wildman–Crippen LogP) is 1.59. The summed E-state index contributed by atoms with van der Waals surface area (Å²) in [5.41, 5.74) is 0.348. The predicted molar refractivity (Wildman–Crippen MR) is 84.1 cm³/mol. The number of fused-ring (bicyclic) bond motifs is 1. The van der Waals surface area contributed by atoms with Crippen LogP contribution in [-0.4, -0.2) is 24.5 Å². The van der Waals surface area contributed by atoms with E-state index in [0.717, 1.165) is 24.3 Å². The average Bonchev–Trinajstić information content (AvgIpc) is 2.82. The van der Waals surface area contributed by atoms with Crippen molar-refractivity contribution in [3.63, 3.8) is 0 Å². The van der Waals surface area contributed by atoms with E-state index in [1.807, 2.05) is 0 Å². The molecule has 126 valence electrons. The van der Waals surface area contributed by atoms with E-state index in [0.29, 0.717) is 11.0 Å². The Hall–Kier alpha value is -2.52. The molecule has 0 aliphatic carbocycles. The first kappa shape index (κ1) is 16.3. The van der Waals surface area contributed by atoms with E-state index in [2.05, 4.69) is 9.71 Å². The molecule has 0 spiro atoms. The van der Waals surface area contributed by atoms with Crippen molar-refractivity contribution in [1.29, 1.82) is 0 Å². The van der Waals surface area contributed by atoms with Gasteiger partial charge in [0.05, 0.1) is 15.9 Å². The summed E-state index contributed by atoms with van der Waals surface area (Å²) in [5, 5.41) is 0. The van der Waals surface area contributed by atoms with Crippen LogP contribution in [-0.2, 0) is 16.6 Å². The number of sulfonamides is 1. The molecule has 0 bridgehead atoms. The summed E-state index contributed by atoms with van der Waals surface area (Å²) in [6.45, 7) is 0.00877. The zero-order valence-electron chi connectivity index (χ0n) is 12.3. The number of aromatic amines is 1. The van der Waals surface area contributed by atoms with Gasteiger partial charge < -0.3 is 4.98 Å². The van der Waals surface area contributed by atoms with Gasteiger partial charge in [-0.2, -0.15) is 0 Å². The van der Waals surface area contributed by atoms with Gasteiger partial charge in [-0.05, 0) is 42.5 Å². The summed E-state index contributed by atoms with van der Waals surface area (Å²) in [7, 11) is -3.81. The SMILES string of the molecule is O=c1[nH]c2cc(F)ccc2n1CCNS(=O)(=O)c1ccc(F)cc1. The molecule has 0 amide bonds. The first-order chi connectivity index (χ1) is 11.4. The topological polar surface area (TPSA) is 84.0 Å². The van der Waals surface area contributed by atoms with Crippen LogP contribution in [0.1, 0.15) is 0 Å². The molecule has 0 aliphatic heterocycles. The first-order valence-electron chi connectivity index (χ1n) is 7.00. The lowest BCUT2D eigenvalue weighted by molar-refractivity contribution is 0.572. The molecule has 1 heterocycles. The molecule has 24 heavy (non-hydrogen) atoms. The number of hydrogen-bond acceptors (Lipinski definition) is 3. The summed E-state index contributed by atoms with van der Waals surface area (Å²) >= 11 is 0. The van der Waals surface area contributed by atoms with Gasteiger partial charge in [0.2, 0.25) is 10.0 Å². The minimum absolute atomic E-state index is 0.0516. The number of nitrogens with zero attached hydrogens (tertiary/aromatic N) is 1. The standard InChI is InChI=1S/C15H13F2N3O3S/c16-10-1-4-12(5-2-10)24(22,23)18-7-8-20-14-6-3-11(17)9-13(14)19-15(20)21/h1-6,9,18H,7-8H2,(H,19,21). The van der Waals surface area contributed by atoms with Crippen molar-refractivity contribution in [3.8, 4) is 0 Å². The average molecular weight is 353 g/mol. The Labute approximate surface area is 135 Å². The summed E-state index contributed by atoms with van der Waals surface area (Å²) in [6, 6.07) is 8.25. The fraction of sp³-hybridized carbons (Fsp3) is 0.133. The van der Waals surface area contributed by atoms with Crippen LogP contribution in [0.4, 0.5) is 8.78 Å². The second-order valence-electron chi connectivity index (χ2n) is 5.09. The van der Waals surface area contributed by atoms with Crippen LogP contribution in [0.2, 0.25) is 0 Å². The highest BCUT2D eigenvalue weighted by atomic mass is 32.2. The van der Waals surface area contributed by atoms with Gasteiger partial charge >= 0.3 is 5.69 Å². The maximum atomic E-state index is 13.2. The molecule has 2 N–H and O–H groups in total. The van der Waals surface area contributed by atoms with Crippen molar-refractivity contribution in [1.82, 2.24) is 14.3 Å². The molecule has 2 aromatic carbocycles. The minimum atomic E-state index is -3.81. The van der Waals surface area contributed by atoms with Gasteiger partial charge in [0.25, 0.3) is 0 Å². The number of hydrogen-bond donors (Lipinski definition) is 2. The van der Waals surface area contributed by atoms with Crippen LogP contribution in [0.25, 0.3) is 11.0 Å². The largest absolute Gasteiger partial charge is 0.326 e. The Morgan fingerprint density at radius 2 is 1.71 bits per heavy atom. The zero-order chi connectivity index (χ0) is 17.3. The number of rotatable bonds is 5. The van der Waals surface area contributed by atoms with Gasteiger partial charge in [0.1, 0.15) is 11.6 Å². The van der Waals surface area contributed by atoms with Crippen LogP contribution in [0.5, 0.6) is 0 Å². The third kappa shape index (κ3) is 3.22. The van der Waals surface area contributed by atoms with E-state index < -0.39 is 27.3 Å². The van der Waals surface area contributed by atoms with Crippen molar-refractivity contribution in [3.05, 3.63) is 64.6 Å². The highest BCUT2D eigenvalue weighted by Crippen LogP contribution is 2.12. The molecule has 0 atom stereocenters. The molecule has 1 aromatic heterocycles. The smallest absolute Gasteiger partial charge is 0.305 e. The van der Waals surface area contributed by atoms with Gasteiger partial charge in [0.15, 0.2) is 0 Å². The fourth-order valence-electron chi connectivity index (χ4n) is 2.35. The molecule has 0 fully saturated rings. The quantitative estimate of drug-likeness (QED) is 0.731. The number of benzene rings is 2. The van der Waals surface area contributed by atoms with Crippen molar-refractivity contribution < 1.29 is 17.2 Å². The molecule has 0 aliphatic rings. The number of nitrogens with one attached hydrogen (secondary N) is 2. The summed E-state index contributed by atoms with van der Waals surface area (Å²) in [4.78, 5) is 14.3. The third-order valence-electron chi connectivity index (χ3n) is 3.49. The van der Waals surface area contributed by atoms with E-state index in [-0.39, 0.29) is 18.0 Å². The van der Waals surface area contributed by atoms with Crippen LogP contribution in [0.15, 0.2) is 52.2 Å². The molecule has 9 heteroatoms. The molecule has 0 radical (unpaired) electrons. The first-order valence-corrected chi connectivity index (χ1v) is 8.48. The lowest BCUT2D eigenvalue weighted by Gasteiger charge is -2.07. The zero-order valence-corrected chi connectivity index (χ0v) is 13.1. The third-order valence-corrected chi connectivity index (χ3v) is 4.96. The maximum absolute atomic E-state index is 13.2. The summed E-state index contributed by atoms with van der Waals surface area (Å²) in [6.07, 6.45) is 0. The lowest BCUT2D eigenvalue weighted by atomic mass is 10.3. The second-order valence-corrected chi connectivity index (χ2v) is 6.86. The molecule has 6 nitrogen and oxygen atoms in total. The monoisotopic (exact) mass is 353 g/mol. The van der Waals surface area contributed by atoms with Crippen LogP contribution in [0, 0.1) is 11.6 Å². The number of halogens is 2.